The Morgan fingerprint density at radius 2 is 2.00 bits per heavy atom. The van der Waals surface area contributed by atoms with Crippen molar-refractivity contribution in [3.63, 3.8) is 0 Å². The lowest BCUT2D eigenvalue weighted by atomic mass is 10.1. The number of hydrogen-bond acceptors (Lipinski definition) is 4. The number of nitro benzene ring substituents is 1. The van der Waals surface area contributed by atoms with Gasteiger partial charge in [0.1, 0.15) is 12.4 Å². The van der Waals surface area contributed by atoms with Crippen LogP contribution in [-0.2, 0) is 17.8 Å². The number of rotatable bonds is 7. The second-order valence-electron chi connectivity index (χ2n) is 4.83. The van der Waals surface area contributed by atoms with Crippen LogP contribution in [0.2, 0.25) is 0 Å². The fraction of sp³-hybridized carbons (Fsp3) is 0.188. The first-order chi connectivity index (χ1) is 11.0. The van der Waals surface area contributed by atoms with Crippen LogP contribution < -0.4 is 4.74 Å². The number of halogens is 1. The molecule has 0 fully saturated rings. The van der Waals surface area contributed by atoms with E-state index in [9.17, 15) is 19.3 Å². The second kappa shape index (κ2) is 7.35. The maximum absolute atomic E-state index is 13.5. The number of aryl methyl sites for hydroxylation is 1. The van der Waals surface area contributed by atoms with Crippen molar-refractivity contribution in [1.82, 2.24) is 0 Å². The molecule has 0 radical (unpaired) electrons. The second-order valence-corrected chi connectivity index (χ2v) is 4.83. The Labute approximate surface area is 131 Å². The molecule has 0 heterocycles. The molecule has 2 aromatic rings. The van der Waals surface area contributed by atoms with Crippen molar-refractivity contribution in [3.8, 4) is 5.75 Å². The zero-order valence-electron chi connectivity index (χ0n) is 12.1. The molecule has 1 N–H and O–H groups in total. The normalized spacial score (nSPS) is 10.3. The summed E-state index contributed by atoms with van der Waals surface area (Å²) in [5.74, 6) is -1.42. The van der Waals surface area contributed by atoms with E-state index in [1.54, 1.807) is 18.2 Å². The van der Waals surface area contributed by atoms with Crippen LogP contribution in [0, 0.1) is 15.9 Å². The van der Waals surface area contributed by atoms with Crippen molar-refractivity contribution in [1.29, 1.82) is 0 Å². The molecule has 23 heavy (non-hydrogen) atoms. The highest BCUT2D eigenvalue weighted by Crippen LogP contribution is 2.29. The Morgan fingerprint density at radius 1 is 1.26 bits per heavy atom. The van der Waals surface area contributed by atoms with E-state index in [1.807, 2.05) is 0 Å². The molecule has 0 aliphatic heterocycles. The van der Waals surface area contributed by atoms with Gasteiger partial charge in [-0.3, -0.25) is 14.9 Å². The number of aliphatic carboxylic acids is 1. The lowest BCUT2D eigenvalue weighted by molar-refractivity contribution is -0.386. The fourth-order valence-electron chi connectivity index (χ4n) is 2.01. The van der Waals surface area contributed by atoms with E-state index < -0.39 is 16.7 Å². The first kappa shape index (κ1) is 16.4. The van der Waals surface area contributed by atoms with Crippen LogP contribution >= 0.6 is 0 Å². The Morgan fingerprint density at radius 3 is 2.65 bits per heavy atom. The summed E-state index contributed by atoms with van der Waals surface area (Å²) in [5, 5.41) is 19.8. The topological polar surface area (TPSA) is 89.7 Å². The van der Waals surface area contributed by atoms with Gasteiger partial charge in [0.05, 0.1) is 4.92 Å². The molecule has 2 rings (SSSR count). The van der Waals surface area contributed by atoms with E-state index in [0.717, 1.165) is 0 Å². The molecule has 0 atom stereocenters. The minimum absolute atomic E-state index is 0.0114. The van der Waals surface area contributed by atoms with Crippen LogP contribution in [-0.4, -0.2) is 16.0 Å². The zero-order valence-corrected chi connectivity index (χ0v) is 12.1. The van der Waals surface area contributed by atoms with Crippen LogP contribution in [0.1, 0.15) is 17.5 Å². The van der Waals surface area contributed by atoms with Crippen molar-refractivity contribution in [2.75, 3.05) is 0 Å². The van der Waals surface area contributed by atoms with Crippen molar-refractivity contribution in [2.45, 2.75) is 19.4 Å². The third kappa shape index (κ3) is 4.50. The molecule has 120 valence electrons. The summed E-state index contributed by atoms with van der Waals surface area (Å²) in [4.78, 5) is 21.1. The summed E-state index contributed by atoms with van der Waals surface area (Å²) >= 11 is 0. The van der Waals surface area contributed by atoms with Gasteiger partial charge in [-0.05, 0) is 24.1 Å². The van der Waals surface area contributed by atoms with Gasteiger partial charge in [0.2, 0.25) is 0 Å². The quantitative estimate of drug-likeness (QED) is 0.624. The van der Waals surface area contributed by atoms with E-state index in [-0.39, 0.29) is 36.4 Å². The molecule has 0 bridgehead atoms. The first-order valence-corrected chi connectivity index (χ1v) is 6.82. The van der Waals surface area contributed by atoms with Crippen molar-refractivity contribution < 1.29 is 24.0 Å². The number of nitro groups is 1. The average molecular weight is 319 g/mol. The molecule has 0 amide bonds. The Bertz CT molecular complexity index is 732. The van der Waals surface area contributed by atoms with Crippen molar-refractivity contribution in [3.05, 3.63) is 69.5 Å². The molecule has 0 aliphatic rings. The molecule has 0 aromatic heterocycles. The summed E-state index contributed by atoms with van der Waals surface area (Å²) in [6.45, 7) is -0.137. The number of carboxylic acids is 1. The predicted octanol–water partition coefficient (Wildman–Crippen LogP) is 3.33. The van der Waals surface area contributed by atoms with Crippen molar-refractivity contribution in [2.24, 2.45) is 0 Å². The molecule has 0 saturated carbocycles. The molecule has 6 nitrogen and oxygen atoms in total. The summed E-state index contributed by atoms with van der Waals surface area (Å²) in [7, 11) is 0. The van der Waals surface area contributed by atoms with Gasteiger partial charge in [-0.1, -0.05) is 24.3 Å². The van der Waals surface area contributed by atoms with Gasteiger partial charge < -0.3 is 9.84 Å². The van der Waals surface area contributed by atoms with Crippen LogP contribution in [0.15, 0.2) is 42.5 Å². The summed E-state index contributed by atoms with van der Waals surface area (Å²) in [5.41, 5.74) is 0.540. The zero-order chi connectivity index (χ0) is 16.8. The Hall–Kier alpha value is -2.96. The van der Waals surface area contributed by atoms with Crippen molar-refractivity contribution >= 4 is 11.7 Å². The Kier molecular flexibility index (Phi) is 5.24. The van der Waals surface area contributed by atoms with Gasteiger partial charge in [0.15, 0.2) is 5.75 Å². The van der Waals surface area contributed by atoms with E-state index in [0.29, 0.717) is 5.56 Å². The van der Waals surface area contributed by atoms with Gasteiger partial charge in [0, 0.05) is 18.1 Å². The molecule has 7 heteroatoms. The van der Waals surface area contributed by atoms with Crippen LogP contribution in [0.5, 0.6) is 5.75 Å². The van der Waals surface area contributed by atoms with E-state index in [1.165, 1.54) is 24.3 Å². The molecule has 0 spiro atoms. The summed E-state index contributed by atoms with van der Waals surface area (Å²) in [6.07, 6.45) is 0.0658. The SMILES string of the molecule is O=C(O)CCc1ccc(OCc2ccccc2F)c([N+](=O)[O-])c1. The monoisotopic (exact) mass is 319 g/mol. The molecular formula is C16H14FNO5. The minimum atomic E-state index is -0.979. The highest BCUT2D eigenvalue weighted by molar-refractivity contribution is 5.67. The van der Waals surface area contributed by atoms with E-state index >= 15 is 0 Å². The van der Waals surface area contributed by atoms with E-state index in [4.69, 9.17) is 9.84 Å². The smallest absolute Gasteiger partial charge is 0.311 e. The molecule has 2 aromatic carbocycles. The van der Waals surface area contributed by atoms with Crippen LogP contribution in [0.3, 0.4) is 0 Å². The van der Waals surface area contributed by atoms with Crippen LogP contribution in [0.4, 0.5) is 10.1 Å². The minimum Gasteiger partial charge on any atom is -0.482 e. The number of benzene rings is 2. The maximum Gasteiger partial charge on any atom is 0.311 e. The highest BCUT2D eigenvalue weighted by atomic mass is 19.1. The van der Waals surface area contributed by atoms with Gasteiger partial charge >= 0.3 is 11.7 Å². The highest BCUT2D eigenvalue weighted by Gasteiger charge is 2.17. The first-order valence-electron chi connectivity index (χ1n) is 6.82. The van der Waals surface area contributed by atoms with E-state index in [2.05, 4.69) is 0 Å². The third-order valence-electron chi connectivity index (χ3n) is 3.19. The van der Waals surface area contributed by atoms with Gasteiger partial charge in [-0.25, -0.2) is 4.39 Å². The molecule has 0 aliphatic carbocycles. The number of ether oxygens (including phenoxy) is 1. The van der Waals surface area contributed by atoms with Gasteiger partial charge in [-0.15, -0.1) is 0 Å². The maximum atomic E-state index is 13.5. The average Bonchev–Trinajstić information content (AvgIpc) is 2.52. The largest absolute Gasteiger partial charge is 0.482 e. The van der Waals surface area contributed by atoms with Gasteiger partial charge in [0.25, 0.3) is 0 Å². The summed E-state index contributed by atoms with van der Waals surface area (Å²) in [6, 6.07) is 10.2. The predicted molar refractivity (Wildman–Crippen MR) is 79.8 cm³/mol. The lowest BCUT2D eigenvalue weighted by Gasteiger charge is -2.09. The summed E-state index contributed by atoms with van der Waals surface area (Å²) < 4.78 is 18.9. The van der Waals surface area contributed by atoms with Gasteiger partial charge in [-0.2, -0.15) is 0 Å². The lowest BCUT2D eigenvalue weighted by Crippen LogP contribution is -2.02. The molecule has 0 saturated heterocycles. The number of hydrogen-bond donors (Lipinski definition) is 1. The Balaban J connectivity index is 2.16. The standard InChI is InChI=1S/C16H14FNO5/c17-13-4-2-1-3-12(13)10-23-15-7-5-11(6-8-16(19)20)9-14(15)18(21)22/h1-5,7,9H,6,8,10H2,(H,19,20). The molecular weight excluding hydrogens is 305 g/mol. The van der Waals surface area contributed by atoms with Crippen LogP contribution in [0.25, 0.3) is 0 Å². The number of carboxylic acid groups (broad SMARTS) is 1. The molecule has 0 unspecified atom stereocenters. The third-order valence-corrected chi connectivity index (χ3v) is 3.19. The number of carbonyl (C=O) groups is 1. The number of nitrogens with zero attached hydrogens (tertiary/aromatic N) is 1. The fourth-order valence-corrected chi connectivity index (χ4v) is 2.01.